The highest BCUT2D eigenvalue weighted by atomic mass is 35.5. The summed E-state index contributed by atoms with van der Waals surface area (Å²) in [4.78, 5) is 0. The fourth-order valence-corrected chi connectivity index (χ4v) is 2.32. The van der Waals surface area contributed by atoms with Gasteiger partial charge in [0.05, 0.1) is 19.6 Å². The number of rotatable bonds is 5. The Morgan fingerprint density at radius 3 is 2.78 bits per heavy atom. The second-order valence-corrected chi connectivity index (χ2v) is 4.72. The molecule has 0 radical (unpaired) electrons. The van der Waals surface area contributed by atoms with Gasteiger partial charge in [-0.05, 0) is 24.8 Å². The maximum atomic E-state index is 5.93. The fraction of sp³-hybridized carbons (Fsp3) is 0.571. The molecule has 0 spiro atoms. The van der Waals surface area contributed by atoms with Gasteiger partial charge in [0.15, 0.2) is 11.5 Å². The van der Waals surface area contributed by atoms with Gasteiger partial charge in [-0.3, -0.25) is 0 Å². The van der Waals surface area contributed by atoms with Crippen molar-refractivity contribution < 1.29 is 14.2 Å². The zero-order valence-electron chi connectivity index (χ0n) is 10.7. The molecular weight excluding hydrogens is 252 g/mol. The van der Waals surface area contributed by atoms with E-state index >= 15 is 0 Å². The number of benzene rings is 1. The summed E-state index contributed by atoms with van der Waals surface area (Å²) in [6, 6.07) is 5.79. The van der Waals surface area contributed by atoms with Crippen LogP contribution in [-0.4, -0.2) is 26.9 Å². The summed E-state index contributed by atoms with van der Waals surface area (Å²) in [6.07, 6.45) is 2.12. The zero-order chi connectivity index (χ0) is 12.8. The standard InChI is InChI=1S/C14H19ClO3/c1-16-13-4-2-3-12(9-15)14(13)18-10-11-5-7-17-8-6-11/h2-4,11H,5-10H2,1H3. The Labute approximate surface area is 113 Å². The Balaban J connectivity index is 2.02. The SMILES string of the molecule is COc1cccc(CCl)c1OCC1CCOCC1. The lowest BCUT2D eigenvalue weighted by molar-refractivity contribution is 0.0492. The van der Waals surface area contributed by atoms with E-state index in [1.807, 2.05) is 18.2 Å². The molecule has 1 aliphatic heterocycles. The van der Waals surface area contributed by atoms with Gasteiger partial charge >= 0.3 is 0 Å². The van der Waals surface area contributed by atoms with Crippen LogP contribution in [-0.2, 0) is 10.6 Å². The fourth-order valence-electron chi connectivity index (χ4n) is 2.11. The monoisotopic (exact) mass is 270 g/mol. The van der Waals surface area contributed by atoms with E-state index in [4.69, 9.17) is 25.8 Å². The molecule has 1 saturated heterocycles. The maximum Gasteiger partial charge on any atom is 0.165 e. The summed E-state index contributed by atoms with van der Waals surface area (Å²) in [6.45, 7) is 2.37. The van der Waals surface area contributed by atoms with Crippen molar-refractivity contribution in [2.75, 3.05) is 26.9 Å². The molecule has 18 heavy (non-hydrogen) atoms. The highest BCUT2D eigenvalue weighted by Crippen LogP contribution is 2.33. The second kappa shape index (κ2) is 6.86. The highest BCUT2D eigenvalue weighted by molar-refractivity contribution is 6.17. The Morgan fingerprint density at radius 1 is 1.33 bits per heavy atom. The van der Waals surface area contributed by atoms with Crippen molar-refractivity contribution in [1.82, 2.24) is 0 Å². The van der Waals surface area contributed by atoms with Gasteiger partial charge in [-0.2, -0.15) is 0 Å². The first-order chi connectivity index (χ1) is 8.85. The first kappa shape index (κ1) is 13.5. The van der Waals surface area contributed by atoms with Gasteiger partial charge < -0.3 is 14.2 Å². The van der Waals surface area contributed by atoms with Gasteiger partial charge in [0.1, 0.15) is 0 Å². The van der Waals surface area contributed by atoms with Crippen LogP contribution >= 0.6 is 11.6 Å². The Bertz CT molecular complexity index is 353. The summed E-state index contributed by atoms with van der Waals surface area (Å²) in [5.41, 5.74) is 0.975. The Hall–Kier alpha value is -0.930. The smallest absolute Gasteiger partial charge is 0.165 e. The van der Waals surface area contributed by atoms with Crippen LogP contribution in [0.15, 0.2) is 18.2 Å². The van der Waals surface area contributed by atoms with E-state index in [0.717, 1.165) is 43.1 Å². The van der Waals surface area contributed by atoms with Crippen molar-refractivity contribution in [1.29, 1.82) is 0 Å². The minimum absolute atomic E-state index is 0.431. The van der Waals surface area contributed by atoms with E-state index in [1.54, 1.807) is 7.11 Å². The van der Waals surface area contributed by atoms with E-state index in [0.29, 0.717) is 18.4 Å². The predicted molar refractivity (Wildman–Crippen MR) is 71.6 cm³/mol. The summed E-state index contributed by atoms with van der Waals surface area (Å²) in [5, 5.41) is 0. The third kappa shape index (κ3) is 3.30. The van der Waals surface area contributed by atoms with E-state index in [1.165, 1.54) is 0 Å². The van der Waals surface area contributed by atoms with Crippen molar-refractivity contribution >= 4 is 11.6 Å². The molecule has 100 valence electrons. The summed E-state index contributed by atoms with van der Waals surface area (Å²) in [7, 11) is 1.65. The third-order valence-electron chi connectivity index (χ3n) is 3.23. The molecule has 0 bridgehead atoms. The molecular formula is C14H19ClO3. The lowest BCUT2D eigenvalue weighted by Gasteiger charge is -2.23. The molecule has 0 aromatic heterocycles. The molecule has 0 saturated carbocycles. The molecule has 0 amide bonds. The number of para-hydroxylation sites is 1. The van der Waals surface area contributed by atoms with Crippen molar-refractivity contribution in [2.45, 2.75) is 18.7 Å². The van der Waals surface area contributed by atoms with E-state index in [-0.39, 0.29) is 0 Å². The van der Waals surface area contributed by atoms with Crippen LogP contribution in [0.5, 0.6) is 11.5 Å². The van der Waals surface area contributed by atoms with Crippen molar-refractivity contribution in [2.24, 2.45) is 5.92 Å². The molecule has 0 unspecified atom stereocenters. The lowest BCUT2D eigenvalue weighted by Crippen LogP contribution is -2.21. The minimum Gasteiger partial charge on any atom is -0.493 e. The van der Waals surface area contributed by atoms with Crippen LogP contribution in [0, 0.1) is 5.92 Å². The molecule has 0 aliphatic carbocycles. The first-order valence-electron chi connectivity index (χ1n) is 6.27. The molecule has 1 aromatic rings. The molecule has 2 rings (SSSR count). The van der Waals surface area contributed by atoms with Crippen LogP contribution in [0.1, 0.15) is 18.4 Å². The number of methoxy groups -OCH3 is 1. The van der Waals surface area contributed by atoms with Gasteiger partial charge in [0, 0.05) is 18.8 Å². The predicted octanol–water partition coefficient (Wildman–Crippen LogP) is 3.24. The van der Waals surface area contributed by atoms with E-state index in [9.17, 15) is 0 Å². The molecule has 1 aliphatic rings. The number of hydrogen-bond acceptors (Lipinski definition) is 3. The van der Waals surface area contributed by atoms with Crippen molar-refractivity contribution in [3.63, 3.8) is 0 Å². The van der Waals surface area contributed by atoms with Crippen LogP contribution in [0.4, 0.5) is 0 Å². The second-order valence-electron chi connectivity index (χ2n) is 4.45. The summed E-state index contributed by atoms with van der Waals surface area (Å²) < 4.78 is 16.6. The first-order valence-corrected chi connectivity index (χ1v) is 6.81. The van der Waals surface area contributed by atoms with Gasteiger partial charge in [0.2, 0.25) is 0 Å². The van der Waals surface area contributed by atoms with Gasteiger partial charge in [-0.1, -0.05) is 12.1 Å². The Kier molecular flexibility index (Phi) is 5.14. The molecule has 0 atom stereocenters. The molecule has 1 heterocycles. The number of alkyl halides is 1. The quantitative estimate of drug-likeness (QED) is 0.769. The van der Waals surface area contributed by atoms with E-state index in [2.05, 4.69) is 0 Å². The zero-order valence-corrected chi connectivity index (χ0v) is 11.4. The number of ether oxygens (including phenoxy) is 3. The largest absolute Gasteiger partial charge is 0.493 e. The lowest BCUT2D eigenvalue weighted by atomic mass is 10.0. The molecule has 1 fully saturated rings. The number of halogens is 1. The van der Waals surface area contributed by atoms with Crippen LogP contribution < -0.4 is 9.47 Å². The van der Waals surface area contributed by atoms with Crippen LogP contribution in [0.2, 0.25) is 0 Å². The molecule has 4 heteroatoms. The normalized spacial score (nSPS) is 16.6. The van der Waals surface area contributed by atoms with Crippen LogP contribution in [0.3, 0.4) is 0 Å². The summed E-state index contributed by atoms with van der Waals surface area (Å²) in [5.74, 6) is 2.52. The maximum absolute atomic E-state index is 5.93. The molecule has 1 aromatic carbocycles. The third-order valence-corrected chi connectivity index (χ3v) is 3.52. The molecule has 0 N–H and O–H groups in total. The number of hydrogen-bond donors (Lipinski definition) is 0. The topological polar surface area (TPSA) is 27.7 Å². The van der Waals surface area contributed by atoms with Crippen LogP contribution in [0.25, 0.3) is 0 Å². The highest BCUT2D eigenvalue weighted by Gasteiger charge is 2.16. The average molecular weight is 271 g/mol. The van der Waals surface area contributed by atoms with Gasteiger partial charge in [-0.15, -0.1) is 11.6 Å². The van der Waals surface area contributed by atoms with Gasteiger partial charge in [-0.25, -0.2) is 0 Å². The van der Waals surface area contributed by atoms with Gasteiger partial charge in [0.25, 0.3) is 0 Å². The minimum atomic E-state index is 0.431. The Morgan fingerprint density at radius 2 is 2.11 bits per heavy atom. The average Bonchev–Trinajstić information content (AvgIpc) is 2.45. The van der Waals surface area contributed by atoms with Crippen molar-refractivity contribution in [3.8, 4) is 11.5 Å². The van der Waals surface area contributed by atoms with Crippen molar-refractivity contribution in [3.05, 3.63) is 23.8 Å². The summed E-state index contributed by atoms with van der Waals surface area (Å²) >= 11 is 5.93. The van der Waals surface area contributed by atoms with E-state index < -0.39 is 0 Å². The molecule has 3 nitrogen and oxygen atoms in total.